The molecule has 0 radical (unpaired) electrons. The van der Waals surface area contributed by atoms with Gasteiger partial charge in [0.1, 0.15) is 6.61 Å². The van der Waals surface area contributed by atoms with Gasteiger partial charge in [0.2, 0.25) is 0 Å². The van der Waals surface area contributed by atoms with E-state index >= 15 is 0 Å². The molecule has 2 aromatic carbocycles. The van der Waals surface area contributed by atoms with Crippen LogP contribution in [0, 0.1) is 0 Å². The number of ether oxygens (including phenoxy) is 1. The second-order valence-corrected chi connectivity index (χ2v) is 3.51. The number of hydrogen-bond donors (Lipinski definition) is 1. The lowest BCUT2D eigenvalue weighted by Crippen LogP contribution is -2.05. The first-order chi connectivity index (χ1) is 8.33. The molecular weight excluding hydrogens is 216 g/mol. The number of carbonyl (C=O) groups excluding carboxylic acids is 1. The zero-order chi connectivity index (χ0) is 12.1. The molecular formula is C14H12O3. The van der Waals surface area contributed by atoms with Gasteiger partial charge in [-0.2, -0.15) is 0 Å². The van der Waals surface area contributed by atoms with Crippen LogP contribution in [-0.2, 0) is 4.74 Å². The molecule has 0 heterocycles. The summed E-state index contributed by atoms with van der Waals surface area (Å²) in [5.41, 5.74) is 0.537. The lowest BCUT2D eigenvalue weighted by molar-refractivity contribution is 0.0550. The SMILES string of the molecule is O=C(OCC=CO)c1cccc2ccccc12. The second-order valence-electron chi connectivity index (χ2n) is 3.51. The van der Waals surface area contributed by atoms with Crippen molar-refractivity contribution in [3.05, 3.63) is 60.4 Å². The first-order valence-electron chi connectivity index (χ1n) is 5.27. The molecule has 0 unspecified atom stereocenters. The number of carbonyl (C=O) groups is 1. The predicted molar refractivity (Wildman–Crippen MR) is 66.0 cm³/mol. The van der Waals surface area contributed by atoms with E-state index < -0.39 is 0 Å². The van der Waals surface area contributed by atoms with Crippen LogP contribution in [0.15, 0.2) is 54.8 Å². The molecule has 0 saturated heterocycles. The van der Waals surface area contributed by atoms with Crippen molar-refractivity contribution in [1.82, 2.24) is 0 Å². The van der Waals surface area contributed by atoms with Crippen LogP contribution in [0.1, 0.15) is 10.4 Å². The molecule has 0 atom stereocenters. The van der Waals surface area contributed by atoms with Crippen LogP contribution in [0.4, 0.5) is 0 Å². The third kappa shape index (κ3) is 2.45. The van der Waals surface area contributed by atoms with E-state index in [1.807, 2.05) is 36.4 Å². The first kappa shape index (κ1) is 11.2. The van der Waals surface area contributed by atoms with Gasteiger partial charge in [-0.3, -0.25) is 0 Å². The number of rotatable bonds is 3. The van der Waals surface area contributed by atoms with Crippen molar-refractivity contribution in [2.75, 3.05) is 6.61 Å². The standard InChI is InChI=1S/C14H12O3/c15-9-4-10-17-14(16)13-8-3-6-11-5-1-2-7-12(11)13/h1-9,15H,10H2. The third-order valence-electron chi connectivity index (χ3n) is 2.43. The Hall–Kier alpha value is -2.29. The molecule has 0 aliphatic heterocycles. The predicted octanol–water partition coefficient (Wildman–Crippen LogP) is 3.07. The molecule has 86 valence electrons. The fraction of sp³-hybridized carbons (Fsp3) is 0.0714. The molecule has 3 nitrogen and oxygen atoms in total. The minimum Gasteiger partial charge on any atom is -0.516 e. The molecule has 0 aromatic heterocycles. The molecule has 0 spiro atoms. The Kier molecular flexibility index (Phi) is 3.40. The van der Waals surface area contributed by atoms with Crippen LogP contribution < -0.4 is 0 Å². The lowest BCUT2D eigenvalue weighted by atomic mass is 10.1. The molecule has 0 aliphatic rings. The summed E-state index contributed by atoms with van der Waals surface area (Å²) in [6.07, 6.45) is 2.22. The van der Waals surface area contributed by atoms with Crippen LogP contribution in [-0.4, -0.2) is 17.7 Å². The molecule has 1 N–H and O–H groups in total. The summed E-state index contributed by atoms with van der Waals surface area (Å²) < 4.78 is 4.99. The number of esters is 1. The molecule has 0 amide bonds. The van der Waals surface area contributed by atoms with Gasteiger partial charge >= 0.3 is 5.97 Å². The summed E-state index contributed by atoms with van der Waals surface area (Å²) in [4.78, 5) is 11.8. The Labute approximate surface area is 99.0 Å². The topological polar surface area (TPSA) is 46.5 Å². The maximum absolute atomic E-state index is 11.8. The highest BCUT2D eigenvalue weighted by molar-refractivity contribution is 6.04. The average Bonchev–Trinajstić information content (AvgIpc) is 2.38. The Morgan fingerprint density at radius 1 is 1.18 bits per heavy atom. The zero-order valence-corrected chi connectivity index (χ0v) is 9.17. The summed E-state index contributed by atoms with van der Waals surface area (Å²) in [6.45, 7) is 0.0680. The van der Waals surface area contributed by atoms with Crippen LogP contribution in [0.2, 0.25) is 0 Å². The third-order valence-corrected chi connectivity index (χ3v) is 2.43. The normalized spacial score (nSPS) is 10.8. The van der Waals surface area contributed by atoms with Gasteiger partial charge in [0.25, 0.3) is 0 Å². The first-order valence-corrected chi connectivity index (χ1v) is 5.27. The number of fused-ring (bicyclic) bond motifs is 1. The maximum Gasteiger partial charge on any atom is 0.339 e. The van der Waals surface area contributed by atoms with E-state index in [9.17, 15) is 4.79 Å². The quantitative estimate of drug-likeness (QED) is 0.648. The van der Waals surface area contributed by atoms with E-state index in [1.54, 1.807) is 6.07 Å². The van der Waals surface area contributed by atoms with Crippen LogP contribution >= 0.6 is 0 Å². The van der Waals surface area contributed by atoms with Crippen molar-refractivity contribution in [1.29, 1.82) is 0 Å². The number of aliphatic hydroxyl groups is 1. The highest BCUT2D eigenvalue weighted by Crippen LogP contribution is 2.19. The molecule has 17 heavy (non-hydrogen) atoms. The van der Waals surface area contributed by atoms with Gasteiger partial charge in [-0.15, -0.1) is 0 Å². The van der Waals surface area contributed by atoms with Gasteiger partial charge in [0.15, 0.2) is 0 Å². The second kappa shape index (κ2) is 5.16. The number of aliphatic hydroxyl groups excluding tert-OH is 1. The van der Waals surface area contributed by atoms with Crippen molar-refractivity contribution in [3.63, 3.8) is 0 Å². The molecule has 2 aromatic rings. The molecule has 0 bridgehead atoms. The monoisotopic (exact) mass is 228 g/mol. The van der Waals surface area contributed by atoms with Crippen molar-refractivity contribution in [3.8, 4) is 0 Å². The van der Waals surface area contributed by atoms with Crippen molar-refractivity contribution in [2.24, 2.45) is 0 Å². The summed E-state index contributed by atoms with van der Waals surface area (Å²) >= 11 is 0. The molecule has 0 aliphatic carbocycles. The largest absolute Gasteiger partial charge is 0.516 e. The summed E-state index contributed by atoms with van der Waals surface area (Å²) in [5.74, 6) is -0.389. The molecule has 3 heteroatoms. The van der Waals surface area contributed by atoms with Crippen LogP contribution in [0.5, 0.6) is 0 Å². The molecule has 0 fully saturated rings. The van der Waals surface area contributed by atoms with E-state index in [1.165, 1.54) is 6.08 Å². The van der Waals surface area contributed by atoms with E-state index in [0.29, 0.717) is 5.56 Å². The average molecular weight is 228 g/mol. The van der Waals surface area contributed by atoms with Gasteiger partial charge in [0.05, 0.1) is 11.8 Å². The fourth-order valence-corrected chi connectivity index (χ4v) is 1.65. The smallest absolute Gasteiger partial charge is 0.339 e. The van der Waals surface area contributed by atoms with Gasteiger partial charge < -0.3 is 9.84 Å². The van der Waals surface area contributed by atoms with E-state index in [0.717, 1.165) is 17.0 Å². The summed E-state index contributed by atoms with van der Waals surface area (Å²) in [6, 6.07) is 13.1. The summed E-state index contributed by atoms with van der Waals surface area (Å²) in [7, 11) is 0. The number of benzene rings is 2. The highest BCUT2D eigenvalue weighted by Gasteiger charge is 2.09. The Morgan fingerprint density at radius 3 is 2.76 bits per heavy atom. The Morgan fingerprint density at radius 2 is 1.94 bits per heavy atom. The number of hydrogen-bond acceptors (Lipinski definition) is 3. The van der Waals surface area contributed by atoms with Crippen molar-refractivity contribution < 1.29 is 14.6 Å². The summed E-state index contributed by atoms with van der Waals surface area (Å²) in [5, 5.41) is 10.3. The van der Waals surface area contributed by atoms with Gasteiger partial charge in [-0.05, 0) is 22.9 Å². The fourth-order valence-electron chi connectivity index (χ4n) is 1.65. The Balaban J connectivity index is 2.31. The van der Waals surface area contributed by atoms with Gasteiger partial charge in [0, 0.05) is 0 Å². The van der Waals surface area contributed by atoms with Gasteiger partial charge in [-0.1, -0.05) is 36.4 Å². The molecule has 2 rings (SSSR count). The minimum absolute atomic E-state index is 0.0680. The Bertz CT molecular complexity index is 553. The lowest BCUT2D eigenvalue weighted by Gasteiger charge is -2.05. The highest BCUT2D eigenvalue weighted by atomic mass is 16.5. The zero-order valence-electron chi connectivity index (χ0n) is 9.17. The van der Waals surface area contributed by atoms with Crippen molar-refractivity contribution in [2.45, 2.75) is 0 Å². The van der Waals surface area contributed by atoms with Crippen molar-refractivity contribution >= 4 is 16.7 Å². The van der Waals surface area contributed by atoms with E-state index in [4.69, 9.17) is 9.84 Å². The molecule has 0 saturated carbocycles. The van der Waals surface area contributed by atoms with Gasteiger partial charge in [-0.25, -0.2) is 4.79 Å². The van der Waals surface area contributed by atoms with E-state index in [-0.39, 0.29) is 12.6 Å². The van der Waals surface area contributed by atoms with Crippen LogP contribution in [0.3, 0.4) is 0 Å². The minimum atomic E-state index is -0.389. The maximum atomic E-state index is 11.8. The van der Waals surface area contributed by atoms with E-state index in [2.05, 4.69) is 0 Å². The van der Waals surface area contributed by atoms with Crippen LogP contribution in [0.25, 0.3) is 10.8 Å².